The molecule has 1 aliphatic heterocycles. The Kier molecular flexibility index (Phi) is 3.76. The molecule has 1 aliphatic rings. The number of phenolic OH excluding ortho intramolecular Hbond substituents is 1. The van der Waals surface area contributed by atoms with E-state index in [1.165, 1.54) is 0 Å². The van der Waals surface area contributed by atoms with Gasteiger partial charge in [0.25, 0.3) is 0 Å². The van der Waals surface area contributed by atoms with Crippen LogP contribution in [0.2, 0.25) is 0 Å². The van der Waals surface area contributed by atoms with E-state index >= 15 is 0 Å². The molecule has 2 atom stereocenters. The van der Waals surface area contributed by atoms with E-state index in [2.05, 4.69) is 27.9 Å². The number of nitrogens with zero attached hydrogens (tertiary/aromatic N) is 1. The van der Waals surface area contributed by atoms with Gasteiger partial charge < -0.3 is 10.8 Å². The highest BCUT2D eigenvalue weighted by Crippen LogP contribution is 2.40. The fourth-order valence-corrected chi connectivity index (χ4v) is 3.25. The molecule has 2 unspecified atom stereocenters. The molecule has 2 rings (SSSR count). The van der Waals surface area contributed by atoms with Crippen LogP contribution in [0.3, 0.4) is 0 Å². The smallest absolute Gasteiger partial charge is 0.123 e. The number of halogens is 1. The van der Waals surface area contributed by atoms with Crippen molar-refractivity contribution in [1.29, 1.82) is 0 Å². The lowest BCUT2D eigenvalue weighted by Gasteiger charge is -2.21. The average Bonchev–Trinajstić information content (AvgIpc) is 2.65. The third kappa shape index (κ3) is 2.49. The van der Waals surface area contributed by atoms with E-state index in [1.807, 2.05) is 19.1 Å². The van der Waals surface area contributed by atoms with E-state index in [4.69, 9.17) is 5.73 Å². The Morgan fingerprint density at radius 1 is 1.53 bits per heavy atom. The van der Waals surface area contributed by atoms with Crippen LogP contribution >= 0.6 is 15.9 Å². The van der Waals surface area contributed by atoms with Gasteiger partial charge in [0, 0.05) is 22.6 Å². The van der Waals surface area contributed by atoms with Crippen LogP contribution in [0.5, 0.6) is 5.75 Å². The molecule has 0 aliphatic carbocycles. The van der Waals surface area contributed by atoms with Crippen molar-refractivity contribution in [3.8, 4) is 5.75 Å². The maximum absolute atomic E-state index is 10.2. The highest BCUT2D eigenvalue weighted by atomic mass is 79.9. The molecule has 4 heteroatoms. The Bertz CT molecular complexity index is 422. The maximum Gasteiger partial charge on any atom is 0.123 e. The number of rotatable bonds is 2. The van der Waals surface area contributed by atoms with Crippen molar-refractivity contribution >= 4 is 15.9 Å². The third-order valence-electron chi connectivity index (χ3n) is 3.62. The highest BCUT2D eigenvalue weighted by Gasteiger charge is 2.31. The van der Waals surface area contributed by atoms with Gasteiger partial charge in [0.1, 0.15) is 5.75 Å². The van der Waals surface area contributed by atoms with Crippen molar-refractivity contribution in [1.82, 2.24) is 4.90 Å². The topological polar surface area (TPSA) is 49.5 Å². The number of aryl methyl sites for hydroxylation is 1. The van der Waals surface area contributed by atoms with Gasteiger partial charge in [-0.2, -0.15) is 0 Å². The number of nitrogens with two attached hydrogens (primary N) is 1. The Morgan fingerprint density at radius 3 is 2.82 bits per heavy atom. The molecule has 1 heterocycles. The Morgan fingerprint density at radius 2 is 2.24 bits per heavy atom. The summed E-state index contributed by atoms with van der Waals surface area (Å²) in [7, 11) is 2.09. The molecule has 3 N–H and O–H groups in total. The molecule has 1 aromatic rings. The molecule has 1 fully saturated rings. The highest BCUT2D eigenvalue weighted by molar-refractivity contribution is 9.10. The maximum atomic E-state index is 10.2. The standard InChI is InChI=1S/C13H19BrN2O/c1-8-3-10(14)5-11(13(8)17)12-4-9(6-15)7-16(12)2/h3,5,9,12,17H,4,6-7,15H2,1-2H3. The normalized spacial score (nSPS) is 25.4. The van der Waals surface area contributed by atoms with Crippen molar-refractivity contribution in [3.63, 3.8) is 0 Å². The molecule has 0 aromatic heterocycles. The number of benzene rings is 1. The molecule has 0 radical (unpaired) electrons. The minimum absolute atomic E-state index is 0.278. The van der Waals surface area contributed by atoms with Gasteiger partial charge in [-0.05, 0) is 50.6 Å². The first kappa shape index (κ1) is 12.9. The van der Waals surface area contributed by atoms with Crippen LogP contribution in [0, 0.1) is 12.8 Å². The van der Waals surface area contributed by atoms with Gasteiger partial charge >= 0.3 is 0 Å². The quantitative estimate of drug-likeness (QED) is 0.881. The number of hydrogen-bond donors (Lipinski definition) is 2. The molecule has 94 valence electrons. The van der Waals surface area contributed by atoms with Crippen LogP contribution in [0.1, 0.15) is 23.6 Å². The summed E-state index contributed by atoms with van der Waals surface area (Å²) < 4.78 is 1.02. The van der Waals surface area contributed by atoms with Gasteiger partial charge in [-0.3, -0.25) is 4.90 Å². The second kappa shape index (κ2) is 4.96. The van der Waals surface area contributed by atoms with Crippen LogP contribution in [0.4, 0.5) is 0 Å². The molecule has 0 spiro atoms. The first-order chi connectivity index (χ1) is 8.02. The number of aromatic hydroxyl groups is 1. The molecule has 1 aromatic carbocycles. The minimum atomic E-state index is 0.278. The summed E-state index contributed by atoms with van der Waals surface area (Å²) in [6.07, 6.45) is 1.02. The summed E-state index contributed by atoms with van der Waals surface area (Å²) in [5.74, 6) is 0.950. The lowest BCUT2D eigenvalue weighted by atomic mass is 9.97. The van der Waals surface area contributed by atoms with Crippen LogP contribution in [0.15, 0.2) is 16.6 Å². The zero-order valence-corrected chi connectivity index (χ0v) is 11.9. The molecule has 3 nitrogen and oxygen atoms in total. The van der Waals surface area contributed by atoms with Gasteiger partial charge in [-0.25, -0.2) is 0 Å². The Hall–Kier alpha value is -0.580. The summed E-state index contributed by atoms with van der Waals surface area (Å²) >= 11 is 3.49. The second-order valence-electron chi connectivity index (χ2n) is 4.95. The van der Waals surface area contributed by atoms with Crippen LogP contribution in [-0.4, -0.2) is 30.1 Å². The molecule has 0 saturated carbocycles. The summed E-state index contributed by atoms with van der Waals surface area (Å²) in [6, 6.07) is 4.23. The fraction of sp³-hybridized carbons (Fsp3) is 0.538. The zero-order valence-electron chi connectivity index (χ0n) is 10.3. The minimum Gasteiger partial charge on any atom is -0.507 e. The third-order valence-corrected chi connectivity index (χ3v) is 4.08. The second-order valence-corrected chi connectivity index (χ2v) is 5.87. The lowest BCUT2D eigenvalue weighted by molar-refractivity contribution is 0.305. The van der Waals surface area contributed by atoms with Crippen molar-refractivity contribution in [2.24, 2.45) is 11.7 Å². The van der Waals surface area contributed by atoms with Crippen LogP contribution in [-0.2, 0) is 0 Å². The molecule has 0 bridgehead atoms. The van der Waals surface area contributed by atoms with E-state index in [9.17, 15) is 5.11 Å². The first-order valence-electron chi connectivity index (χ1n) is 5.92. The van der Waals surface area contributed by atoms with Crippen LogP contribution < -0.4 is 5.73 Å². The average molecular weight is 299 g/mol. The van der Waals surface area contributed by atoms with Crippen molar-refractivity contribution in [2.45, 2.75) is 19.4 Å². The first-order valence-corrected chi connectivity index (χ1v) is 6.71. The molecular weight excluding hydrogens is 280 g/mol. The zero-order chi connectivity index (χ0) is 12.6. The van der Waals surface area contributed by atoms with Crippen molar-refractivity contribution in [3.05, 3.63) is 27.7 Å². The monoisotopic (exact) mass is 298 g/mol. The molecule has 17 heavy (non-hydrogen) atoms. The van der Waals surface area contributed by atoms with E-state index in [1.54, 1.807) is 0 Å². The number of hydrogen-bond acceptors (Lipinski definition) is 3. The fourth-order valence-electron chi connectivity index (χ4n) is 2.66. The Labute approximate surface area is 111 Å². The van der Waals surface area contributed by atoms with E-state index in [0.717, 1.165) is 28.6 Å². The van der Waals surface area contributed by atoms with Gasteiger partial charge in [0.2, 0.25) is 0 Å². The predicted molar refractivity (Wildman–Crippen MR) is 73.1 cm³/mol. The predicted octanol–water partition coefficient (Wildman–Crippen LogP) is 2.41. The lowest BCUT2D eigenvalue weighted by Crippen LogP contribution is -2.20. The number of likely N-dealkylation sites (tertiary alicyclic amines) is 1. The Balaban J connectivity index is 2.34. The summed E-state index contributed by atoms with van der Waals surface area (Å²) in [4.78, 5) is 2.28. The molecule has 1 saturated heterocycles. The molecule has 0 amide bonds. The summed E-state index contributed by atoms with van der Waals surface area (Å²) in [5, 5.41) is 10.2. The van der Waals surface area contributed by atoms with Gasteiger partial charge in [0.05, 0.1) is 0 Å². The van der Waals surface area contributed by atoms with Crippen molar-refractivity contribution < 1.29 is 5.11 Å². The largest absolute Gasteiger partial charge is 0.507 e. The van der Waals surface area contributed by atoms with E-state index < -0.39 is 0 Å². The van der Waals surface area contributed by atoms with Gasteiger partial charge in [-0.15, -0.1) is 0 Å². The summed E-state index contributed by atoms with van der Waals surface area (Å²) in [5.41, 5.74) is 7.66. The van der Waals surface area contributed by atoms with Crippen molar-refractivity contribution in [2.75, 3.05) is 20.1 Å². The van der Waals surface area contributed by atoms with E-state index in [-0.39, 0.29) is 6.04 Å². The molecular formula is C13H19BrN2O. The SMILES string of the molecule is Cc1cc(Br)cc(C2CC(CN)CN2C)c1O. The number of phenols is 1. The summed E-state index contributed by atoms with van der Waals surface area (Å²) in [6.45, 7) is 3.65. The van der Waals surface area contributed by atoms with Gasteiger partial charge in [0.15, 0.2) is 0 Å². The van der Waals surface area contributed by atoms with Crippen LogP contribution in [0.25, 0.3) is 0 Å². The van der Waals surface area contributed by atoms with Gasteiger partial charge in [-0.1, -0.05) is 15.9 Å². The van der Waals surface area contributed by atoms with E-state index in [0.29, 0.717) is 18.2 Å².